The molecule has 0 amide bonds. The Morgan fingerprint density at radius 2 is 1.94 bits per heavy atom. The average molecular weight is 235 g/mol. The Morgan fingerprint density at radius 1 is 1.29 bits per heavy atom. The zero-order valence-corrected chi connectivity index (χ0v) is 11.0. The van der Waals surface area contributed by atoms with Crippen LogP contribution in [0.4, 0.5) is 0 Å². The highest BCUT2D eigenvalue weighted by molar-refractivity contribution is 5.79. The van der Waals surface area contributed by atoms with Gasteiger partial charge in [0.2, 0.25) is 0 Å². The van der Waals surface area contributed by atoms with Crippen LogP contribution >= 0.6 is 0 Å². The number of rotatable bonds is 4. The number of hydrogen-bond acceptors (Lipinski definition) is 2. The summed E-state index contributed by atoms with van der Waals surface area (Å²) in [6.45, 7) is 3.42. The number of ether oxygens (including phenoxy) is 1. The molecule has 0 heterocycles. The van der Waals surface area contributed by atoms with E-state index in [4.69, 9.17) is 4.74 Å². The lowest BCUT2D eigenvalue weighted by molar-refractivity contribution is 0.320. The molecule has 0 saturated carbocycles. The first kappa shape index (κ1) is 13.4. The van der Waals surface area contributed by atoms with Gasteiger partial charge in [0.25, 0.3) is 0 Å². The molecule has 1 aromatic rings. The van der Waals surface area contributed by atoms with Gasteiger partial charge in [-0.15, -0.1) is 0 Å². The summed E-state index contributed by atoms with van der Waals surface area (Å²) < 4.78 is 5.60. The molecule has 4 nitrogen and oxygen atoms in total. The van der Waals surface area contributed by atoms with Gasteiger partial charge in [-0.2, -0.15) is 0 Å². The normalized spacial score (nSPS) is 11.2. The van der Waals surface area contributed by atoms with Gasteiger partial charge in [0.05, 0.1) is 6.54 Å². The Morgan fingerprint density at radius 3 is 2.47 bits per heavy atom. The van der Waals surface area contributed by atoms with Gasteiger partial charge in [0, 0.05) is 21.1 Å². The summed E-state index contributed by atoms with van der Waals surface area (Å²) in [5.41, 5.74) is 1.24. The molecule has 4 heteroatoms. The molecule has 0 aliphatic carbocycles. The Balaban J connectivity index is 2.27. The van der Waals surface area contributed by atoms with E-state index in [0.717, 1.165) is 18.3 Å². The number of aryl methyl sites for hydroxylation is 1. The molecule has 0 fully saturated rings. The van der Waals surface area contributed by atoms with Crippen LogP contribution in [0, 0.1) is 6.92 Å². The standard InChI is InChI=1S/C13H21N3O/c1-11-5-7-12(8-6-11)17-10-9-15-13(14-2)16(3)4/h5-8H,9-10H2,1-4H3,(H,14,15). The maximum Gasteiger partial charge on any atom is 0.193 e. The number of hydrogen-bond donors (Lipinski definition) is 1. The Hall–Kier alpha value is -1.71. The van der Waals surface area contributed by atoms with E-state index in [1.807, 2.05) is 43.3 Å². The van der Waals surface area contributed by atoms with Crippen LogP contribution in [0.1, 0.15) is 5.56 Å². The van der Waals surface area contributed by atoms with Crippen LogP contribution in [-0.4, -0.2) is 45.2 Å². The van der Waals surface area contributed by atoms with Crippen molar-refractivity contribution in [3.05, 3.63) is 29.8 Å². The summed E-state index contributed by atoms with van der Waals surface area (Å²) in [5.74, 6) is 1.76. The minimum atomic E-state index is 0.621. The van der Waals surface area contributed by atoms with Gasteiger partial charge in [-0.1, -0.05) is 17.7 Å². The molecule has 0 radical (unpaired) electrons. The van der Waals surface area contributed by atoms with Gasteiger partial charge >= 0.3 is 0 Å². The lowest BCUT2D eigenvalue weighted by atomic mass is 10.2. The molecule has 0 bridgehead atoms. The van der Waals surface area contributed by atoms with Crippen LogP contribution in [0.25, 0.3) is 0 Å². The van der Waals surface area contributed by atoms with E-state index >= 15 is 0 Å². The number of guanidine groups is 1. The van der Waals surface area contributed by atoms with Crippen LogP contribution in [0.15, 0.2) is 29.3 Å². The first-order valence-corrected chi connectivity index (χ1v) is 5.71. The first-order valence-electron chi connectivity index (χ1n) is 5.71. The maximum atomic E-state index is 5.60. The zero-order chi connectivity index (χ0) is 12.7. The summed E-state index contributed by atoms with van der Waals surface area (Å²) in [6, 6.07) is 8.05. The van der Waals surface area contributed by atoms with Gasteiger partial charge < -0.3 is 15.0 Å². The predicted molar refractivity (Wildman–Crippen MR) is 71.7 cm³/mol. The van der Waals surface area contributed by atoms with Crippen molar-refractivity contribution in [3.63, 3.8) is 0 Å². The summed E-state index contributed by atoms with van der Waals surface area (Å²) >= 11 is 0. The van der Waals surface area contributed by atoms with Crippen LogP contribution in [-0.2, 0) is 0 Å². The van der Waals surface area contributed by atoms with Crippen molar-refractivity contribution in [2.75, 3.05) is 34.3 Å². The lowest BCUT2D eigenvalue weighted by Gasteiger charge is -2.16. The molecular weight excluding hydrogens is 214 g/mol. The van der Waals surface area contributed by atoms with Crippen LogP contribution in [0.3, 0.4) is 0 Å². The van der Waals surface area contributed by atoms with E-state index < -0.39 is 0 Å². The van der Waals surface area contributed by atoms with Crippen molar-refractivity contribution in [2.45, 2.75) is 6.92 Å². The van der Waals surface area contributed by atoms with Crippen molar-refractivity contribution < 1.29 is 4.74 Å². The Kier molecular flexibility index (Phi) is 5.33. The van der Waals surface area contributed by atoms with Crippen molar-refractivity contribution in [3.8, 4) is 5.75 Å². The van der Waals surface area contributed by atoms with Crippen LogP contribution in [0.2, 0.25) is 0 Å². The molecule has 1 aromatic carbocycles. The third-order valence-corrected chi connectivity index (χ3v) is 2.31. The number of nitrogens with zero attached hydrogens (tertiary/aromatic N) is 2. The van der Waals surface area contributed by atoms with Gasteiger partial charge in [-0.3, -0.25) is 4.99 Å². The van der Waals surface area contributed by atoms with Gasteiger partial charge in [0.1, 0.15) is 12.4 Å². The summed E-state index contributed by atoms with van der Waals surface area (Å²) in [5, 5.41) is 3.20. The lowest BCUT2D eigenvalue weighted by Crippen LogP contribution is -2.38. The summed E-state index contributed by atoms with van der Waals surface area (Å²) in [6.07, 6.45) is 0. The van der Waals surface area contributed by atoms with Crippen molar-refractivity contribution >= 4 is 5.96 Å². The minimum Gasteiger partial charge on any atom is -0.492 e. The van der Waals surface area contributed by atoms with E-state index in [1.54, 1.807) is 7.05 Å². The molecular formula is C13H21N3O. The SMILES string of the molecule is CN=C(NCCOc1ccc(C)cc1)N(C)C. The molecule has 0 spiro atoms. The molecule has 0 aliphatic heterocycles. The molecule has 1 N–H and O–H groups in total. The molecule has 0 aliphatic rings. The van der Waals surface area contributed by atoms with E-state index in [9.17, 15) is 0 Å². The van der Waals surface area contributed by atoms with Gasteiger partial charge in [-0.25, -0.2) is 0 Å². The highest BCUT2D eigenvalue weighted by atomic mass is 16.5. The van der Waals surface area contributed by atoms with E-state index in [0.29, 0.717) is 6.61 Å². The topological polar surface area (TPSA) is 36.9 Å². The average Bonchev–Trinajstić information content (AvgIpc) is 2.31. The largest absolute Gasteiger partial charge is 0.492 e. The monoisotopic (exact) mass is 235 g/mol. The number of aliphatic imine (C=N–C) groups is 1. The molecule has 0 atom stereocenters. The molecule has 17 heavy (non-hydrogen) atoms. The minimum absolute atomic E-state index is 0.621. The Labute approximate surface area is 103 Å². The van der Waals surface area contributed by atoms with Crippen molar-refractivity contribution in [2.24, 2.45) is 4.99 Å². The third-order valence-electron chi connectivity index (χ3n) is 2.31. The molecule has 0 saturated heterocycles. The number of benzene rings is 1. The van der Waals surface area contributed by atoms with Gasteiger partial charge in [-0.05, 0) is 19.1 Å². The second-order valence-electron chi connectivity index (χ2n) is 4.03. The Bertz CT molecular complexity index is 357. The van der Waals surface area contributed by atoms with E-state index in [1.165, 1.54) is 5.56 Å². The summed E-state index contributed by atoms with van der Waals surface area (Å²) in [7, 11) is 5.68. The van der Waals surface area contributed by atoms with Crippen molar-refractivity contribution in [1.29, 1.82) is 0 Å². The highest BCUT2D eigenvalue weighted by Crippen LogP contribution is 2.10. The smallest absolute Gasteiger partial charge is 0.193 e. The fourth-order valence-electron chi connectivity index (χ4n) is 1.40. The second kappa shape index (κ2) is 6.78. The van der Waals surface area contributed by atoms with E-state index in [2.05, 4.69) is 17.2 Å². The molecule has 0 aromatic heterocycles. The maximum absolute atomic E-state index is 5.60. The molecule has 1 rings (SSSR count). The van der Waals surface area contributed by atoms with E-state index in [-0.39, 0.29) is 0 Å². The second-order valence-corrected chi connectivity index (χ2v) is 4.03. The quantitative estimate of drug-likeness (QED) is 0.488. The van der Waals surface area contributed by atoms with Crippen LogP contribution < -0.4 is 10.1 Å². The van der Waals surface area contributed by atoms with Crippen LogP contribution in [0.5, 0.6) is 5.75 Å². The zero-order valence-electron chi connectivity index (χ0n) is 11.0. The molecule has 94 valence electrons. The van der Waals surface area contributed by atoms with Crippen molar-refractivity contribution in [1.82, 2.24) is 10.2 Å². The third kappa shape index (κ3) is 4.76. The van der Waals surface area contributed by atoms with Gasteiger partial charge in [0.15, 0.2) is 5.96 Å². The fraction of sp³-hybridized carbons (Fsp3) is 0.462. The first-order chi connectivity index (χ1) is 8.13. The fourth-order valence-corrected chi connectivity index (χ4v) is 1.40. The predicted octanol–water partition coefficient (Wildman–Crippen LogP) is 1.51. The summed E-state index contributed by atoms with van der Waals surface area (Å²) in [4.78, 5) is 6.06. The highest BCUT2D eigenvalue weighted by Gasteiger charge is 1.99. The number of nitrogens with one attached hydrogen (secondary N) is 1. The molecule has 0 unspecified atom stereocenters.